The molecule has 6 heteroatoms. The van der Waals surface area contributed by atoms with Crippen LogP contribution < -0.4 is 4.90 Å². The zero-order chi connectivity index (χ0) is 14.9. The van der Waals surface area contributed by atoms with E-state index < -0.39 is 6.10 Å². The number of nitrogens with zero attached hydrogens (tertiary/aromatic N) is 2. The maximum atomic E-state index is 11.3. The normalized spacial score (nSPS) is 24.5. The van der Waals surface area contributed by atoms with Gasteiger partial charge >= 0.3 is 0 Å². The Labute approximate surface area is 123 Å². The van der Waals surface area contributed by atoms with Gasteiger partial charge in [-0.05, 0) is 25.5 Å². The van der Waals surface area contributed by atoms with Crippen LogP contribution in [0.25, 0.3) is 0 Å². The fourth-order valence-corrected chi connectivity index (χ4v) is 3.56. The van der Waals surface area contributed by atoms with Gasteiger partial charge in [0, 0.05) is 29.7 Å². The molecule has 0 saturated carbocycles. The van der Waals surface area contributed by atoms with Crippen molar-refractivity contribution >= 4 is 23.1 Å². The van der Waals surface area contributed by atoms with E-state index >= 15 is 0 Å². The molecule has 1 aliphatic heterocycles. The van der Waals surface area contributed by atoms with Crippen molar-refractivity contribution in [3.63, 3.8) is 0 Å². The maximum absolute atomic E-state index is 11.3. The Balaban J connectivity index is 2.42. The molecule has 1 N–H and O–H groups in total. The molecule has 5 nitrogen and oxygen atoms in total. The third-order valence-electron chi connectivity index (χ3n) is 3.87. The van der Waals surface area contributed by atoms with Gasteiger partial charge in [0.05, 0.1) is 11.0 Å². The van der Waals surface area contributed by atoms with Gasteiger partial charge in [0.25, 0.3) is 5.69 Å². The molecule has 0 radical (unpaired) electrons. The number of nitro groups is 1. The van der Waals surface area contributed by atoms with Gasteiger partial charge in [-0.1, -0.05) is 13.0 Å². The average molecular weight is 296 g/mol. The van der Waals surface area contributed by atoms with Crippen LogP contribution in [-0.4, -0.2) is 33.6 Å². The summed E-state index contributed by atoms with van der Waals surface area (Å²) in [6.07, 6.45) is -0.698. The van der Waals surface area contributed by atoms with Crippen molar-refractivity contribution in [1.82, 2.24) is 0 Å². The molecular formula is C14H20N2O3S. The van der Waals surface area contributed by atoms with Gasteiger partial charge in [-0.3, -0.25) is 10.1 Å². The monoisotopic (exact) mass is 296 g/mol. The zero-order valence-corrected chi connectivity index (χ0v) is 12.8. The van der Waals surface area contributed by atoms with Crippen LogP contribution in [-0.2, 0) is 0 Å². The molecule has 110 valence electrons. The minimum atomic E-state index is -0.698. The lowest BCUT2D eigenvalue weighted by Crippen LogP contribution is -2.45. The van der Waals surface area contributed by atoms with Crippen LogP contribution in [0.5, 0.6) is 0 Å². The van der Waals surface area contributed by atoms with E-state index in [1.165, 1.54) is 6.07 Å². The number of benzene rings is 1. The van der Waals surface area contributed by atoms with Crippen molar-refractivity contribution in [2.24, 2.45) is 0 Å². The molecule has 3 atom stereocenters. The summed E-state index contributed by atoms with van der Waals surface area (Å²) in [5.41, 5.74) is 1.31. The molecule has 0 bridgehead atoms. The first-order chi connectivity index (χ1) is 9.41. The highest BCUT2D eigenvalue weighted by Crippen LogP contribution is 2.36. The molecule has 1 fully saturated rings. The summed E-state index contributed by atoms with van der Waals surface area (Å²) < 4.78 is 0. The van der Waals surface area contributed by atoms with Crippen molar-refractivity contribution < 1.29 is 10.0 Å². The van der Waals surface area contributed by atoms with Crippen LogP contribution in [0.2, 0.25) is 0 Å². The summed E-state index contributed by atoms with van der Waals surface area (Å²) in [6.45, 7) is 6.67. The van der Waals surface area contributed by atoms with Crippen LogP contribution >= 0.6 is 11.8 Å². The molecule has 0 aromatic heterocycles. The van der Waals surface area contributed by atoms with E-state index in [1.807, 2.05) is 11.8 Å². The molecule has 1 aliphatic rings. The van der Waals surface area contributed by atoms with Crippen molar-refractivity contribution in [3.05, 3.63) is 33.9 Å². The fourth-order valence-electron chi connectivity index (χ4n) is 2.46. The molecular weight excluding hydrogens is 276 g/mol. The molecule has 20 heavy (non-hydrogen) atoms. The quantitative estimate of drug-likeness (QED) is 0.686. The van der Waals surface area contributed by atoms with E-state index in [0.717, 1.165) is 12.3 Å². The Hall–Kier alpha value is -1.27. The maximum Gasteiger partial charge on any atom is 0.292 e. The number of rotatable bonds is 3. The lowest BCUT2D eigenvalue weighted by atomic mass is 10.1. The van der Waals surface area contributed by atoms with E-state index in [9.17, 15) is 15.2 Å². The highest BCUT2D eigenvalue weighted by molar-refractivity contribution is 8.00. The van der Waals surface area contributed by atoms with Gasteiger partial charge in [0.2, 0.25) is 0 Å². The molecule has 1 saturated heterocycles. The summed E-state index contributed by atoms with van der Waals surface area (Å²) in [7, 11) is 0. The topological polar surface area (TPSA) is 66.6 Å². The molecule has 0 aliphatic carbocycles. The van der Waals surface area contributed by atoms with E-state index in [1.54, 1.807) is 19.1 Å². The Morgan fingerprint density at radius 1 is 1.50 bits per heavy atom. The van der Waals surface area contributed by atoms with Crippen molar-refractivity contribution in [3.8, 4) is 0 Å². The van der Waals surface area contributed by atoms with E-state index in [-0.39, 0.29) is 16.7 Å². The summed E-state index contributed by atoms with van der Waals surface area (Å²) in [5, 5.41) is 21.3. The molecule has 0 spiro atoms. The largest absolute Gasteiger partial charge is 0.389 e. The van der Waals surface area contributed by atoms with Gasteiger partial charge in [-0.25, -0.2) is 0 Å². The van der Waals surface area contributed by atoms with Gasteiger partial charge in [0.15, 0.2) is 0 Å². The SMILES string of the molecule is CC(O)c1ccc(N2CCSC(C)C2C)c([N+](=O)[O-])c1. The van der Waals surface area contributed by atoms with Crippen LogP contribution in [0.15, 0.2) is 18.2 Å². The fraction of sp³-hybridized carbons (Fsp3) is 0.571. The second-order valence-corrected chi connectivity index (χ2v) is 6.68. The summed E-state index contributed by atoms with van der Waals surface area (Å²) in [4.78, 5) is 13.1. The Bertz CT molecular complexity index is 507. The van der Waals surface area contributed by atoms with Gasteiger partial charge in [0.1, 0.15) is 5.69 Å². The Morgan fingerprint density at radius 2 is 2.20 bits per heavy atom. The lowest BCUT2D eigenvalue weighted by molar-refractivity contribution is -0.384. The predicted molar refractivity (Wildman–Crippen MR) is 82.5 cm³/mol. The highest BCUT2D eigenvalue weighted by atomic mass is 32.2. The second-order valence-electron chi connectivity index (χ2n) is 5.19. The molecule has 1 aromatic carbocycles. The van der Waals surface area contributed by atoms with Gasteiger partial charge in [-0.15, -0.1) is 0 Å². The van der Waals surface area contributed by atoms with Crippen LogP contribution in [0.3, 0.4) is 0 Å². The summed E-state index contributed by atoms with van der Waals surface area (Å²) in [5.74, 6) is 0.973. The first kappa shape index (κ1) is 15.1. The molecule has 2 rings (SSSR count). The highest BCUT2D eigenvalue weighted by Gasteiger charge is 2.30. The third kappa shape index (κ3) is 2.91. The number of thioether (sulfide) groups is 1. The number of aliphatic hydroxyl groups is 1. The lowest BCUT2D eigenvalue weighted by Gasteiger charge is -2.38. The third-order valence-corrected chi connectivity index (χ3v) is 5.21. The van der Waals surface area contributed by atoms with E-state index in [4.69, 9.17) is 0 Å². The van der Waals surface area contributed by atoms with Crippen LogP contribution in [0.4, 0.5) is 11.4 Å². The van der Waals surface area contributed by atoms with Crippen molar-refractivity contribution in [2.45, 2.75) is 38.2 Å². The summed E-state index contributed by atoms with van der Waals surface area (Å²) in [6, 6.07) is 5.27. The predicted octanol–water partition coefficient (Wildman–Crippen LogP) is 2.98. The Morgan fingerprint density at radius 3 is 2.80 bits per heavy atom. The minimum absolute atomic E-state index is 0.0781. The Kier molecular flexibility index (Phi) is 4.55. The second kappa shape index (κ2) is 6.01. The van der Waals surface area contributed by atoms with Crippen LogP contribution in [0.1, 0.15) is 32.4 Å². The van der Waals surface area contributed by atoms with E-state index in [2.05, 4.69) is 18.7 Å². The first-order valence-electron chi connectivity index (χ1n) is 6.76. The first-order valence-corrected chi connectivity index (χ1v) is 7.81. The van der Waals surface area contributed by atoms with Crippen molar-refractivity contribution in [1.29, 1.82) is 0 Å². The zero-order valence-electron chi connectivity index (χ0n) is 11.9. The minimum Gasteiger partial charge on any atom is -0.389 e. The van der Waals surface area contributed by atoms with E-state index in [0.29, 0.717) is 16.5 Å². The smallest absolute Gasteiger partial charge is 0.292 e. The van der Waals surface area contributed by atoms with Crippen molar-refractivity contribution in [2.75, 3.05) is 17.2 Å². The number of hydrogen-bond acceptors (Lipinski definition) is 5. The molecule has 1 aromatic rings. The summed E-state index contributed by atoms with van der Waals surface area (Å²) >= 11 is 1.90. The average Bonchev–Trinajstić information content (AvgIpc) is 2.41. The van der Waals surface area contributed by atoms with Gasteiger partial charge < -0.3 is 10.0 Å². The number of anilines is 1. The molecule has 3 unspecified atom stereocenters. The standard InChI is InChI=1S/C14H20N2O3S/c1-9-11(3)20-7-6-15(9)13-5-4-12(10(2)17)8-14(13)16(18)19/h4-5,8-11,17H,6-7H2,1-3H3. The number of aliphatic hydroxyl groups excluding tert-OH is 1. The van der Waals surface area contributed by atoms with Crippen LogP contribution in [0, 0.1) is 10.1 Å². The molecule has 1 heterocycles. The number of nitro benzene ring substituents is 1. The molecule has 0 amide bonds. The van der Waals surface area contributed by atoms with Gasteiger partial charge in [-0.2, -0.15) is 11.8 Å². The number of hydrogen-bond donors (Lipinski definition) is 1.